The normalized spacial score (nSPS) is 16.7. The molecule has 2 aromatic rings. The van der Waals surface area contributed by atoms with Crippen LogP contribution in [-0.4, -0.2) is 48.9 Å². The number of sulfonamides is 1. The Kier molecular flexibility index (Phi) is 5.86. The molecule has 0 N–H and O–H groups in total. The molecule has 0 amide bonds. The van der Waals surface area contributed by atoms with E-state index in [0.29, 0.717) is 31.4 Å². The number of benzene rings is 1. The van der Waals surface area contributed by atoms with Gasteiger partial charge in [-0.15, -0.1) is 0 Å². The smallest absolute Gasteiger partial charge is 0.355 e. The third-order valence-corrected chi connectivity index (χ3v) is 6.92. The highest BCUT2D eigenvalue weighted by molar-refractivity contribution is 7.89. The molecule has 10 heteroatoms. The molecular weight excluding hydrogens is 405 g/mol. The van der Waals surface area contributed by atoms with Gasteiger partial charge in [0.05, 0.1) is 10.5 Å². The van der Waals surface area contributed by atoms with Crippen molar-refractivity contribution in [1.29, 1.82) is 0 Å². The second-order valence-corrected chi connectivity index (χ2v) is 9.01. The van der Waals surface area contributed by atoms with Gasteiger partial charge in [0.15, 0.2) is 0 Å². The lowest BCUT2D eigenvalue weighted by Gasteiger charge is -2.25. The molecule has 0 radical (unpaired) electrons. The molecule has 1 fully saturated rings. The molecule has 1 aliphatic rings. The number of halogens is 3. The van der Waals surface area contributed by atoms with Gasteiger partial charge in [-0.25, -0.2) is 18.4 Å². The predicted molar refractivity (Wildman–Crippen MR) is 103 cm³/mol. The quantitative estimate of drug-likeness (QED) is 0.750. The van der Waals surface area contributed by atoms with E-state index in [1.54, 1.807) is 6.92 Å². The summed E-state index contributed by atoms with van der Waals surface area (Å²) in [6.45, 7) is 7.03. The van der Waals surface area contributed by atoms with Crippen molar-refractivity contribution in [2.45, 2.75) is 38.3 Å². The topological polar surface area (TPSA) is 66.4 Å². The summed E-state index contributed by atoms with van der Waals surface area (Å²) in [5, 5.41) is 0. The number of aromatic nitrogens is 2. The van der Waals surface area contributed by atoms with Crippen LogP contribution in [0.15, 0.2) is 29.2 Å². The van der Waals surface area contributed by atoms with E-state index in [0.717, 1.165) is 29.2 Å². The summed E-state index contributed by atoms with van der Waals surface area (Å²) in [5.41, 5.74) is 0.826. The molecule has 0 spiro atoms. The number of aryl methyl sites for hydroxylation is 2. The molecule has 1 aliphatic heterocycles. The Morgan fingerprint density at radius 1 is 1.00 bits per heavy atom. The predicted octanol–water partition coefficient (Wildman–Crippen LogP) is 3.32. The molecular formula is C19H23F3N4O2S. The molecule has 1 saturated heterocycles. The lowest BCUT2D eigenvalue weighted by molar-refractivity contribution is -0.137. The lowest BCUT2D eigenvalue weighted by atomic mass is 10.2. The van der Waals surface area contributed by atoms with E-state index >= 15 is 0 Å². The van der Waals surface area contributed by atoms with E-state index in [9.17, 15) is 21.6 Å². The summed E-state index contributed by atoms with van der Waals surface area (Å²) < 4.78 is 66.1. The second kappa shape index (κ2) is 7.91. The highest BCUT2D eigenvalue weighted by Gasteiger charge is 2.33. The van der Waals surface area contributed by atoms with Crippen LogP contribution in [-0.2, 0) is 16.2 Å². The molecule has 1 aromatic heterocycles. The summed E-state index contributed by atoms with van der Waals surface area (Å²) in [6, 6.07) is 3.88. The Morgan fingerprint density at radius 3 is 2.41 bits per heavy atom. The van der Waals surface area contributed by atoms with Crippen LogP contribution < -0.4 is 4.90 Å². The average molecular weight is 428 g/mol. The fraction of sp³-hybridized carbons (Fsp3) is 0.474. The largest absolute Gasteiger partial charge is 0.416 e. The lowest BCUT2D eigenvalue weighted by Crippen LogP contribution is -2.35. The Balaban J connectivity index is 1.84. The molecule has 29 heavy (non-hydrogen) atoms. The SMILES string of the molecule is Cc1nc(C)c(C)c(N2CCCN(S(=O)(=O)c3cccc(C(F)(F)F)c3)CC2)n1. The van der Waals surface area contributed by atoms with Crippen LogP contribution in [0.5, 0.6) is 0 Å². The minimum absolute atomic E-state index is 0.167. The van der Waals surface area contributed by atoms with Crippen LogP contribution in [0.25, 0.3) is 0 Å². The first-order chi connectivity index (χ1) is 13.5. The first-order valence-electron chi connectivity index (χ1n) is 9.24. The van der Waals surface area contributed by atoms with Crippen molar-refractivity contribution in [3.8, 4) is 0 Å². The highest BCUT2D eigenvalue weighted by Crippen LogP contribution is 2.31. The molecule has 3 rings (SSSR count). The maximum Gasteiger partial charge on any atom is 0.416 e. The summed E-state index contributed by atoms with van der Waals surface area (Å²) in [7, 11) is -4.03. The molecule has 0 unspecified atom stereocenters. The van der Waals surface area contributed by atoms with Gasteiger partial charge in [0.2, 0.25) is 10.0 Å². The van der Waals surface area contributed by atoms with Crippen LogP contribution in [0.4, 0.5) is 19.0 Å². The van der Waals surface area contributed by atoms with Crippen molar-refractivity contribution in [1.82, 2.24) is 14.3 Å². The van der Waals surface area contributed by atoms with Crippen molar-refractivity contribution in [3.05, 3.63) is 46.9 Å². The summed E-state index contributed by atoms with van der Waals surface area (Å²) >= 11 is 0. The van der Waals surface area contributed by atoms with Gasteiger partial charge in [-0.1, -0.05) is 6.07 Å². The van der Waals surface area contributed by atoms with Crippen LogP contribution >= 0.6 is 0 Å². The Bertz CT molecular complexity index is 1010. The first-order valence-corrected chi connectivity index (χ1v) is 10.7. The summed E-state index contributed by atoms with van der Waals surface area (Å²) in [4.78, 5) is 10.5. The van der Waals surface area contributed by atoms with E-state index in [1.807, 2.05) is 18.7 Å². The van der Waals surface area contributed by atoms with E-state index in [-0.39, 0.29) is 18.0 Å². The third kappa shape index (κ3) is 4.53. The van der Waals surface area contributed by atoms with Crippen LogP contribution in [0.1, 0.15) is 29.1 Å². The van der Waals surface area contributed by atoms with Crippen molar-refractivity contribution in [2.75, 3.05) is 31.1 Å². The fourth-order valence-corrected chi connectivity index (χ4v) is 4.90. The van der Waals surface area contributed by atoms with Gasteiger partial charge >= 0.3 is 6.18 Å². The molecule has 0 atom stereocenters. The minimum atomic E-state index is -4.60. The zero-order valence-electron chi connectivity index (χ0n) is 16.5. The number of hydrogen-bond acceptors (Lipinski definition) is 5. The van der Waals surface area contributed by atoms with E-state index in [1.165, 1.54) is 10.4 Å². The molecule has 0 bridgehead atoms. The molecule has 6 nitrogen and oxygen atoms in total. The zero-order chi connectivity index (χ0) is 21.4. The standard InChI is InChI=1S/C19H23F3N4O2S/c1-13-14(2)23-15(3)24-18(13)25-8-5-9-26(11-10-25)29(27,28)17-7-4-6-16(12-17)19(20,21)22/h4,6-7,12H,5,8-11H2,1-3H3. The van der Waals surface area contributed by atoms with E-state index in [4.69, 9.17) is 0 Å². The highest BCUT2D eigenvalue weighted by atomic mass is 32.2. The maximum atomic E-state index is 13.0. The van der Waals surface area contributed by atoms with Gasteiger partial charge in [-0.3, -0.25) is 0 Å². The minimum Gasteiger partial charge on any atom is -0.355 e. The van der Waals surface area contributed by atoms with Crippen molar-refractivity contribution < 1.29 is 21.6 Å². The van der Waals surface area contributed by atoms with Crippen LogP contribution in [0.3, 0.4) is 0 Å². The van der Waals surface area contributed by atoms with Gasteiger partial charge in [-0.05, 0) is 45.4 Å². The molecule has 158 valence electrons. The molecule has 0 aliphatic carbocycles. The summed E-state index contributed by atoms with van der Waals surface area (Å²) in [5.74, 6) is 1.41. The van der Waals surface area contributed by atoms with Gasteiger partial charge in [0, 0.05) is 37.4 Å². The van der Waals surface area contributed by atoms with E-state index in [2.05, 4.69) is 9.97 Å². The molecule has 1 aromatic carbocycles. The van der Waals surface area contributed by atoms with Crippen molar-refractivity contribution in [2.24, 2.45) is 0 Å². The number of hydrogen-bond donors (Lipinski definition) is 0. The Morgan fingerprint density at radius 2 is 1.72 bits per heavy atom. The summed E-state index contributed by atoms with van der Waals surface area (Å²) in [6.07, 6.45) is -4.05. The second-order valence-electron chi connectivity index (χ2n) is 7.08. The number of nitrogens with zero attached hydrogens (tertiary/aromatic N) is 4. The van der Waals surface area contributed by atoms with Crippen molar-refractivity contribution >= 4 is 15.8 Å². The molecule has 2 heterocycles. The monoisotopic (exact) mass is 428 g/mol. The van der Waals surface area contributed by atoms with E-state index < -0.39 is 21.8 Å². The van der Waals surface area contributed by atoms with Gasteiger partial charge in [0.25, 0.3) is 0 Å². The zero-order valence-corrected chi connectivity index (χ0v) is 17.3. The van der Waals surface area contributed by atoms with Gasteiger partial charge in [0.1, 0.15) is 11.6 Å². The van der Waals surface area contributed by atoms with Gasteiger partial charge in [-0.2, -0.15) is 17.5 Å². The Labute approximate surface area is 168 Å². The van der Waals surface area contributed by atoms with Crippen molar-refractivity contribution in [3.63, 3.8) is 0 Å². The first kappa shape index (κ1) is 21.5. The number of alkyl halides is 3. The Hall–Kier alpha value is -2.20. The van der Waals surface area contributed by atoms with Gasteiger partial charge < -0.3 is 4.90 Å². The number of rotatable bonds is 3. The maximum absolute atomic E-state index is 13.0. The third-order valence-electron chi connectivity index (χ3n) is 5.03. The van der Waals surface area contributed by atoms with Crippen LogP contribution in [0, 0.1) is 20.8 Å². The molecule has 0 saturated carbocycles. The van der Waals surface area contributed by atoms with Crippen LogP contribution in [0.2, 0.25) is 0 Å². The fourth-order valence-electron chi connectivity index (χ4n) is 3.39. The average Bonchev–Trinajstić information content (AvgIpc) is 2.91. The number of anilines is 1.